The molecular weight excluding hydrogens is 344 g/mol. The number of hydrogen-bond acceptors (Lipinski definition) is 4. The molecule has 1 aromatic carbocycles. The van der Waals surface area contributed by atoms with Crippen molar-refractivity contribution in [1.29, 1.82) is 0 Å². The quantitative estimate of drug-likeness (QED) is 0.596. The van der Waals surface area contributed by atoms with Crippen LogP contribution in [0.25, 0.3) is 0 Å². The van der Waals surface area contributed by atoms with E-state index in [1.807, 2.05) is 0 Å². The Morgan fingerprint density at radius 2 is 2.00 bits per heavy atom. The van der Waals surface area contributed by atoms with Crippen LogP contribution in [0.1, 0.15) is 0 Å². The summed E-state index contributed by atoms with van der Waals surface area (Å²) in [5.41, 5.74) is 0. The van der Waals surface area contributed by atoms with E-state index in [9.17, 15) is 17.2 Å². The number of halogens is 3. The summed E-state index contributed by atoms with van der Waals surface area (Å²) in [6, 6.07) is 2.33. The summed E-state index contributed by atoms with van der Waals surface area (Å²) < 4.78 is 53.5. The average Bonchev–Trinajstić information content (AvgIpc) is 2.28. The number of hydrogen-bond donors (Lipinski definition) is 1. The molecule has 0 amide bonds. The van der Waals surface area contributed by atoms with Crippen molar-refractivity contribution in [3.05, 3.63) is 28.2 Å². The zero-order chi connectivity index (χ0) is 14.5. The van der Waals surface area contributed by atoms with E-state index in [2.05, 4.69) is 21.2 Å². The molecule has 0 heterocycles. The lowest BCUT2D eigenvalue weighted by molar-refractivity contribution is 0.294. The molecule has 0 aliphatic carbocycles. The van der Waals surface area contributed by atoms with Gasteiger partial charge in [-0.05, 0) is 12.1 Å². The summed E-state index contributed by atoms with van der Waals surface area (Å²) in [6.07, 6.45) is 1.14. The molecule has 1 N–H and O–H groups in total. The number of sulfone groups is 1. The van der Waals surface area contributed by atoms with Crippen LogP contribution in [-0.4, -0.2) is 40.1 Å². The minimum absolute atomic E-state index is 0.0207. The lowest BCUT2D eigenvalue weighted by Crippen LogP contribution is -2.26. The van der Waals surface area contributed by atoms with Crippen LogP contribution in [0.15, 0.2) is 16.6 Å². The first-order chi connectivity index (χ1) is 8.79. The lowest BCUT2D eigenvalue weighted by Gasteiger charge is -2.09. The molecule has 19 heavy (non-hydrogen) atoms. The van der Waals surface area contributed by atoms with Gasteiger partial charge in [-0.15, -0.1) is 0 Å². The normalized spacial score (nSPS) is 11.6. The van der Waals surface area contributed by atoms with Gasteiger partial charge in [-0.3, -0.25) is 0 Å². The highest BCUT2D eigenvalue weighted by Crippen LogP contribution is 2.25. The van der Waals surface area contributed by atoms with E-state index in [1.165, 1.54) is 6.07 Å². The van der Waals surface area contributed by atoms with Gasteiger partial charge in [-0.2, -0.15) is 4.39 Å². The lowest BCUT2D eigenvalue weighted by atomic mass is 10.3. The summed E-state index contributed by atoms with van der Waals surface area (Å²) >= 11 is 3.03. The minimum Gasteiger partial charge on any atom is -0.489 e. The summed E-state index contributed by atoms with van der Waals surface area (Å²) in [4.78, 5) is 0. The molecule has 0 atom stereocenters. The first-order valence-corrected chi connectivity index (χ1v) is 8.31. The molecule has 0 unspecified atom stereocenters. The predicted molar refractivity (Wildman–Crippen MR) is 72.1 cm³/mol. The molecule has 0 spiro atoms. The number of benzene rings is 1. The second-order valence-corrected chi connectivity index (χ2v) is 7.10. The largest absolute Gasteiger partial charge is 0.489 e. The van der Waals surface area contributed by atoms with E-state index >= 15 is 0 Å². The summed E-state index contributed by atoms with van der Waals surface area (Å²) in [7, 11) is -3.00. The maximum atomic E-state index is 13.3. The monoisotopic (exact) mass is 357 g/mol. The van der Waals surface area contributed by atoms with Gasteiger partial charge in [0, 0.05) is 23.8 Å². The Balaban J connectivity index is 2.34. The van der Waals surface area contributed by atoms with E-state index in [0.29, 0.717) is 11.0 Å². The fourth-order valence-corrected chi connectivity index (χ4v) is 2.18. The SMILES string of the molecule is CS(=O)(=O)CCNCCOc1cc(Br)cc(F)c1F. The van der Waals surface area contributed by atoms with Crippen molar-refractivity contribution in [2.75, 3.05) is 31.7 Å². The van der Waals surface area contributed by atoms with Crippen LogP contribution in [-0.2, 0) is 9.84 Å². The standard InChI is InChI=1S/C11H14BrF2NO3S/c1-19(16,17)5-3-15-2-4-18-10-7-8(12)6-9(13)11(10)14/h6-7,15H,2-5H2,1H3. The van der Waals surface area contributed by atoms with Crippen LogP contribution in [0.3, 0.4) is 0 Å². The van der Waals surface area contributed by atoms with Gasteiger partial charge in [0.2, 0.25) is 5.82 Å². The Kier molecular flexibility index (Phi) is 6.15. The maximum absolute atomic E-state index is 13.3. The van der Waals surface area contributed by atoms with Crippen molar-refractivity contribution < 1.29 is 21.9 Å². The van der Waals surface area contributed by atoms with Gasteiger partial charge in [0.25, 0.3) is 0 Å². The van der Waals surface area contributed by atoms with Crippen LogP contribution in [0.4, 0.5) is 8.78 Å². The van der Waals surface area contributed by atoms with Gasteiger partial charge < -0.3 is 10.1 Å². The van der Waals surface area contributed by atoms with Crippen LogP contribution >= 0.6 is 15.9 Å². The Morgan fingerprint density at radius 1 is 1.32 bits per heavy atom. The van der Waals surface area contributed by atoms with Crippen molar-refractivity contribution in [3.63, 3.8) is 0 Å². The fraction of sp³-hybridized carbons (Fsp3) is 0.455. The van der Waals surface area contributed by atoms with Crippen molar-refractivity contribution in [2.24, 2.45) is 0 Å². The fourth-order valence-electron chi connectivity index (χ4n) is 1.25. The van der Waals surface area contributed by atoms with E-state index in [4.69, 9.17) is 4.74 Å². The first-order valence-electron chi connectivity index (χ1n) is 5.45. The summed E-state index contributed by atoms with van der Waals surface area (Å²) in [5.74, 6) is -2.20. The molecule has 0 fully saturated rings. The molecule has 1 aromatic rings. The van der Waals surface area contributed by atoms with Gasteiger partial charge in [-0.1, -0.05) is 15.9 Å². The molecule has 0 radical (unpaired) electrons. The summed E-state index contributed by atoms with van der Waals surface area (Å²) in [5, 5.41) is 2.83. The number of nitrogens with one attached hydrogen (secondary N) is 1. The topological polar surface area (TPSA) is 55.4 Å². The Morgan fingerprint density at radius 3 is 2.63 bits per heavy atom. The molecule has 4 nitrogen and oxygen atoms in total. The van der Waals surface area contributed by atoms with E-state index in [0.717, 1.165) is 12.3 Å². The van der Waals surface area contributed by atoms with Gasteiger partial charge in [0.05, 0.1) is 5.75 Å². The molecule has 0 saturated heterocycles. The van der Waals surface area contributed by atoms with E-state index in [-0.39, 0.29) is 24.7 Å². The van der Waals surface area contributed by atoms with Crippen molar-refractivity contribution in [3.8, 4) is 5.75 Å². The highest BCUT2D eigenvalue weighted by atomic mass is 79.9. The van der Waals surface area contributed by atoms with Crippen LogP contribution in [0.5, 0.6) is 5.75 Å². The summed E-state index contributed by atoms with van der Waals surface area (Å²) in [6.45, 7) is 0.733. The van der Waals surface area contributed by atoms with E-state index in [1.54, 1.807) is 0 Å². The predicted octanol–water partition coefficient (Wildman–Crippen LogP) is 1.74. The average molecular weight is 358 g/mol. The Hall–Kier alpha value is -0.730. The molecule has 0 aliphatic heterocycles. The third-order valence-corrected chi connectivity index (χ3v) is 3.55. The van der Waals surface area contributed by atoms with Gasteiger partial charge in [-0.25, -0.2) is 12.8 Å². The molecule has 0 bridgehead atoms. The maximum Gasteiger partial charge on any atom is 0.200 e. The van der Waals surface area contributed by atoms with Crippen LogP contribution in [0, 0.1) is 11.6 Å². The number of rotatable bonds is 7. The Labute approximate surface area is 119 Å². The van der Waals surface area contributed by atoms with Gasteiger partial charge >= 0.3 is 0 Å². The first kappa shape index (κ1) is 16.3. The van der Waals surface area contributed by atoms with Crippen molar-refractivity contribution >= 4 is 25.8 Å². The van der Waals surface area contributed by atoms with Gasteiger partial charge in [0.15, 0.2) is 11.6 Å². The number of ether oxygens (including phenoxy) is 1. The zero-order valence-electron chi connectivity index (χ0n) is 10.3. The molecular formula is C11H14BrF2NO3S. The molecule has 0 aromatic heterocycles. The second kappa shape index (κ2) is 7.16. The van der Waals surface area contributed by atoms with Crippen molar-refractivity contribution in [1.82, 2.24) is 5.32 Å². The third-order valence-electron chi connectivity index (χ3n) is 2.15. The van der Waals surface area contributed by atoms with Gasteiger partial charge in [0.1, 0.15) is 16.4 Å². The van der Waals surface area contributed by atoms with Crippen molar-refractivity contribution in [2.45, 2.75) is 0 Å². The third kappa shape index (κ3) is 6.31. The molecule has 108 valence electrons. The smallest absolute Gasteiger partial charge is 0.200 e. The Bertz CT molecular complexity index is 537. The van der Waals surface area contributed by atoms with Crippen LogP contribution < -0.4 is 10.1 Å². The molecule has 1 rings (SSSR count). The van der Waals surface area contributed by atoms with Crippen LogP contribution in [0.2, 0.25) is 0 Å². The minimum atomic E-state index is -3.00. The zero-order valence-corrected chi connectivity index (χ0v) is 12.7. The highest BCUT2D eigenvalue weighted by molar-refractivity contribution is 9.10. The molecule has 8 heteroatoms. The second-order valence-electron chi connectivity index (χ2n) is 3.93. The van der Waals surface area contributed by atoms with E-state index < -0.39 is 21.5 Å². The highest BCUT2D eigenvalue weighted by Gasteiger charge is 2.11. The molecule has 0 saturated carbocycles. The molecule has 0 aliphatic rings.